The van der Waals surface area contributed by atoms with Crippen LogP contribution in [0.2, 0.25) is 5.02 Å². The summed E-state index contributed by atoms with van der Waals surface area (Å²) in [5, 5.41) is 11.1. The predicted octanol–water partition coefficient (Wildman–Crippen LogP) is 4.26. The van der Waals surface area contributed by atoms with E-state index in [0.717, 1.165) is 13.2 Å². The first-order valence-corrected chi connectivity index (χ1v) is 8.68. The lowest BCUT2D eigenvalue weighted by atomic mass is 10.0. The van der Waals surface area contributed by atoms with E-state index in [1.807, 2.05) is 0 Å². The SMILES string of the molecule is COC(=O)C1=C(C)N(c2ccc(F)c(Cl)c2)C(=O)/C1=C\c1ccccc1[N+](=O)[O-]. The van der Waals surface area contributed by atoms with Crippen molar-refractivity contribution < 1.29 is 23.6 Å². The van der Waals surface area contributed by atoms with Gasteiger partial charge in [0.05, 0.1) is 39.5 Å². The molecule has 0 fully saturated rings. The fourth-order valence-corrected chi connectivity index (χ4v) is 3.22. The number of nitrogens with zero attached hydrogens (tertiary/aromatic N) is 2. The fraction of sp³-hybridized carbons (Fsp3) is 0.100. The molecule has 2 aromatic carbocycles. The standard InChI is InChI=1S/C20H14ClFN2O5/c1-11-18(20(26)29-2)14(9-12-5-3-4-6-17(12)24(27)28)19(25)23(11)13-7-8-16(22)15(21)10-13/h3-10H,1-2H3/b14-9-. The van der Waals surface area contributed by atoms with Gasteiger partial charge in [0.1, 0.15) is 5.82 Å². The van der Waals surface area contributed by atoms with Gasteiger partial charge in [0.25, 0.3) is 11.6 Å². The maximum atomic E-state index is 13.5. The molecule has 3 rings (SSSR count). The number of rotatable bonds is 4. The van der Waals surface area contributed by atoms with Crippen LogP contribution in [0.3, 0.4) is 0 Å². The molecule has 0 spiro atoms. The number of nitro benzene ring substituents is 1. The van der Waals surface area contributed by atoms with Crippen molar-refractivity contribution in [2.24, 2.45) is 0 Å². The minimum absolute atomic E-state index is 0.0453. The number of halogens is 2. The smallest absolute Gasteiger partial charge is 0.340 e. The van der Waals surface area contributed by atoms with Gasteiger partial charge in [-0.05, 0) is 37.3 Å². The normalized spacial score (nSPS) is 15.2. The molecule has 7 nitrogen and oxygen atoms in total. The van der Waals surface area contributed by atoms with Gasteiger partial charge in [-0.15, -0.1) is 0 Å². The number of ether oxygens (including phenoxy) is 1. The molecule has 1 heterocycles. The summed E-state index contributed by atoms with van der Waals surface area (Å²) in [5.74, 6) is -2.06. The van der Waals surface area contributed by atoms with Crippen molar-refractivity contribution in [2.45, 2.75) is 6.92 Å². The fourth-order valence-electron chi connectivity index (χ4n) is 3.05. The van der Waals surface area contributed by atoms with Crippen LogP contribution in [0, 0.1) is 15.9 Å². The number of para-hydroxylation sites is 1. The summed E-state index contributed by atoms with van der Waals surface area (Å²) in [7, 11) is 1.16. The monoisotopic (exact) mass is 416 g/mol. The third-order valence-corrected chi connectivity index (χ3v) is 4.67. The molecule has 0 aliphatic carbocycles. The number of hydrogen-bond acceptors (Lipinski definition) is 5. The van der Waals surface area contributed by atoms with Crippen LogP contribution in [0.5, 0.6) is 0 Å². The van der Waals surface area contributed by atoms with Gasteiger partial charge < -0.3 is 4.74 Å². The lowest BCUT2D eigenvalue weighted by Crippen LogP contribution is -2.24. The van der Waals surface area contributed by atoms with Gasteiger partial charge >= 0.3 is 5.97 Å². The maximum Gasteiger partial charge on any atom is 0.340 e. The summed E-state index contributed by atoms with van der Waals surface area (Å²) in [6.45, 7) is 1.52. The van der Waals surface area contributed by atoms with Crippen molar-refractivity contribution in [1.82, 2.24) is 0 Å². The molecule has 9 heteroatoms. The second-order valence-electron chi connectivity index (χ2n) is 6.06. The Kier molecular flexibility index (Phi) is 5.47. The highest BCUT2D eigenvalue weighted by Gasteiger charge is 2.38. The van der Waals surface area contributed by atoms with E-state index in [4.69, 9.17) is 16.3 Å². The Morgan fingerprint density at radius 1 is 1.28 bits per heavy atom. The second-order valence-corrected chi connectivity index (χ2v) is 6.47. The summed E-state index contributed by atoms with van der Waals surface area (Å²) < 4.78 is 18.3. The van der Waals surface area contributed by atoms with Gasteiger partial charge in [-0.3, -0.25) is 19.8 Å². The lowest BCUT2D eigenvalue weighted by Gasteiger charge is -2.18. The van der Waals surface area contributed by atoms with E-state index >= 15 is 0 Å². The van der Waals surface area contributed by atoms with E-state index in [1.165, 1.54) is 48.2 Å². The van der Waals surface area contributed by atoms with Crippen molar-refractivity contribution in [3.63, 3.8) is 0 Å². The van der Waals surface area contributed by atoms with E-state index in [9.17, 15) is 24.1 Å². The van der Waals surface area contributed by atoms with Crippen LogP contribution in [0.4, 0.5) is 15.8 Å². The Labute approximate surface area is 169 Å². The molecule has 0 saturated heterocycles. The molecule has 0 N–H and O–H groups in total. The number of anilines is 1. The molecular formula is C20H14ClFN2O5. The number of esters is 1. The molecule has 1 aliphatic heterocycles. The molecule has 1 amide bonds. The molecule has 0 aromatic heterocycles. The molecule has 0 atom stereocenters. The summed E-state index contributed by atoms with van der Waals surface area (Å²) in [6.07, 6.45) is 1.27. The van der Waals surface area contributed by atoms with E-state index in [-0.39, 0.29) is 38.8 Å². The first-order valence-electron chi connectivity index (χ1n) is 8.30. The molecule has 0 unspecified atom stereocenters. The molecule has 1 aliphatic rings. The number of amides is 1. The zero-order valence-electron chi connectivity index (χ0n) is 15.3. The van der Waals surface area contributed by atoms with E-state index < -0.39 is 22.6 Å². The van der Waals surface area contributed by atoms with Gasteiger partial charge in [0.15, 0.2) is 0 Å². The quantitative estimate of drug-likeness (QED) is 0.321. The van der Waals surface area contributed by atoms with Crippen LogP contribution in [0.1, 0.15) is 12.5 Å². The molecule has 148 valence electrons. The van der Waals surface area contributed by atoms with Gasteiger partial charge in [-0.1, -0.05) is 23.7 Å². The number of carbonyl (C=O) groups is 2. The Balaban J connectivity index is 2.20. The van der Waals surface area contributed by atoms with Crippen LogP contribution in [0.15, 0.2) is 59.3 Å². The molecular weight excluding hydrogens is 403 g/mol. The van der Waals surface area contributed by atoms with Crippen LogP contribution in [-0.2, 0) is 14.3 Å². The van der Waals surface area contributed by atoms with Crippen molar-refractivity contribution in [2.75, 3.05) is 12.0 Å². The summed E-state index contributed by atoms with van der Waals surface area (Å²) in [6, 6.07) is 9.50. The summed E-state index contributed by atoms with van der Waals surface area (Å²) in [4.78, 5) is 37.4. The largest absolute Gasteiger partial charge is 0.465 e. The Hall–Kier alpha value is -3.52. The zero-order chi connectivity index (χ0) is 21.3. The Morgan fingerprint density at radius 3 is 2.59 bits per heavy atom. The van der Waals surface area contributed by atoms with Gasteiger partial charge in [-0.2, -0.15) is 0 Å². The second kappa shape index (κ2) is 7.84. The number of carbonyl (C=O) groups excluding carboxylic acids is 2. The number of benzene rings is 2. The van der Waals surface area contributed by atoms with E-state index in [1.54, 1.807) is 6.07 Å². The van der Waals surface area contributed by atoms with Crippen molar-refractivity contribution >= 4 is 40.9 Å². The third-order valence-electron chi connectivity index (χ3n) is 4.38. The number of hydrogen-bond donors (Lipinski definition) is 0. The van der Waals surface area contributed by atoms with E-state index in [0.29, 0.717) is 0 Å². The lowest BCUT2D eigenvalue weighted by molar-refractivity contribution is -0.385. The van der Waals surface area contributed by atoms with Crippen molar-refractivity contribution in [3.8, 4) is 0 Å². The third kappa shape index (κ3) is 3.62. The zero-order valence-corrected chi connectivity index (χ0v) is 16.1. The van der Waals surface area contributed by atoms with Crippen LogP contribution < -0.4 is 4.90 Å². The molecule has 2 aromatic rings. The predicted molar refractivity (Wildman–Crippen MR) is 105 cm³/mol. The highest BCUT2D eigenvalue weighted by Crippen LogP contribution is 2.37. The average molecular weight is 417 g/mol. The van der Waals surface area contributed by atoms with Crippen LogP contribution in [0.25, 0.3) is 6.08 Å². The summed E-state index contributed by atoms with van der Waals surface area (Å²) >= 11 is 5.83. The number of nitro groups is 1. The van der Waals surface area contributed by atoms with Crippen molar-refractivity contribution in [1.29, 1.82) is 0 Å². The molecule has 0 radical (unpaired) electrons. The average Bonchev–Trinajstić information content (AvgIpc) is 2.93. The van der Waals surface area contributed by atoms with Crippen LogP contribution >= 0.6 is 11.6 Å². The van der Waals surface area contributed by atoms with E-state index in [2.05, 4.69) is 0 Å². The highest BCUT2D eigenvalue weighted by atomic mass is 35.5. The number of allylic oxidation sites excluding steroid dienone is 1. The molecule has 29 heavy (non-hydrogen) atoms. The van der Waals surface area contributed by atoms with Gasteiger partial charge in [-0.25, -0.2) is 9.18 Å². The van der Waals surface area contributed by atoms with Gasteiger partial charge in [0.2, 0.25) is 0 Å². The minimum Gasteiger partial charge on any atom is -0.465 e. The first-order chi connectivity index (χ1) is 13.8. The van der Waals surface area contributed by atoms with Crippen LogP contribution in [-0.4, -0.2) is 23.9 Å². The van der Waals surface area contributed by atoms with Crippen molar-refractivity contribution in [3.05, 3.63) is 85.8 Å². The van der Waals surface area contributed by atoms with Gasteiger partial charge in [0, 0.05) is 11.8 Å². The summed E-state index contributed by atoms with van der Waals surface area (Å²) in [5.41, 5.74) is 0.271. The number of methoxy groups -OCH3 is 1. The Bertz CT molecular complexity index is 1110. The minimum atomic E-state index is -0.781. The topological polar surface area (TPSA) is 89.8 Å². The molecule has 0 bridgehead atoms. The first kappa shape index (κ1) is 20.2. The highest BCUT2D eigenvalue weighted by molar-refractivity contribution is 6.31. The Morgan fingerprint density at radius 2 is 1.97 bits per heavy atom. The maximum absolute atomic E-state index is 13.5. The molecule has 0 saturated carbocycles.